The predicted octanol–water partition coefficient (Wildman–Crippen LogP) is 5.34. The first-order valence-electron chi connectivity index (χ1n) is 10.3. The first kappa shape index (κ1) is 18.7. The third-order valence-electron chi connectivity index (χ3n) is 5.98. The normalized spacial score (nSPS) is 12.6. The monoisotopic (exact) mass is 401 g/mol. The highest BCUT2D eigenvalue weighted by atomic mass is 16.3. The molecular weight excluding hydrogens is 374 g/mol. The molecule has 0 spiro atoms. The molecule has 0 saturated carbocycles. The van der Waals surface area contributed by atoms with Gasteiger partial charge in [0, 0.05) is 12.0 Å². The largest absolute Gasteiger partial charge is 0.507 e. The summed E-state index contributed by atoms with van der Waals surface area (Å²) in [6.07, 6.45) is 0.470. The van der Waals surface area contributed by atoms with Crippen LogP contribution >= 0.6 is 0 Å². The van der Waals surface area contributed by atoms with Crippen molar-refractivity contribution < 1.29 is 10.2 Å². The number of aromatic nitrogens is 3. The van der Waals surface area contributed by atoms with E-state index in [0.717, 1.165) is 44.5 Å². The number of nitrogens with zero attached hydrogens (tertiary/aromatic N) is 3. The number of fused-ring (bicyclic) bond motifs is 4. The third kappa shape index (κ3) is 2.69. The van der Waals surface area contributed by atoms with Crippen LogP contribution in [0.25, 0.3) is 16.7 Å². The van der Waals surface area contributed by atoms with Crippen molar-refractivity contribution in [3.63, 3.8) is 0 Å². The Kier molecular flexibility index (Phi) is 3.78. The molecule has 5 heteroatoms. The predicted molar refractivity (Wildman–Crippen MR) is 120 cm³/mol. The van der Waals surface area contributed by atoms with Crippen molar-refractivity contribution in [1.29, 1.82) is 0 Å². The standard InChI is InChI=1S/C25H27N3O2/c1-15-10-16(2)23(29)17(11-15)12-18-13-19(25(3,4)5)14-22(24(18)30)28-26-20-8-6-7-9-21(20)27(26)28/h6-11,13-14,29-30H,12H2,1-5H3. The van der Waals surface area contributed by atoms with Crippen LogP contribution in [0.4, 0.5) is 0 Å². The number of hydrogen-bond acceptors (Lipinski definition) is 2. The summed E-state index contributed by atoms with van der Waals surface area (Å²) in [6, 6.07) is 16.3. The second-order valence-corrected chi connectivity index (χ2v) is 9.38. The Hall–Kier alpha value is -3.34. The Morgan fingerprint density at radius 3 is 2.00 bits per heavy atom. The van der Waals surface area contributed by atoms with E-state index in [4.69, 9.17) is 0 Å². The van der Waals surface area contributed by atoms with E-state index in [1.54, 1.807) is 0 Å². The molecule has 0 saturated heterocycles. The lowest BCUT2D eigenvalue weighted by atomic mass is 9.84. The molecule has 2 heterocycles. The summed E-state index contributed by atoms with van der Waals surface area (Å²) in [5, 5.41) is 21.8. The van der Waals surface area contributed by atoms with Gasteiger partial charge in [0.15, 0.2) is 0 Å². The number of phenols is 2. The van der Waals surface area contributed by atoms with Gasteiger partial charge in [-0.1, -0.05) is 56.7 Å². The van der Waals surface area contributed by atoms with Gasteiger partial charge in [-0.05, 0) is 54.2 Å². The molecule has 30 heavy (non-hydrogen) atoms. The van der Waals surface area contributed by atoms with Crippen molar-refractivity contribution in [1.82, 2.24) is 14.1 Å². The molecule has 3 aromatic carbocycles. The highest BCUT2D eigenvalue weighted by Gasteiger charge is 2.28. The summed E-state index contributed by atoms with van der Waals surface area (Å²) in [5.41, 5.74) is 7.70. The van der Waals surface area contributed by atoms with Gasteiger partial charge in [-0.25, -0.2) is 0 Å². The van der Waals surface area contributed by atoms with Gasteiger partial charge >= 0.3 is 0 Å². The van der Waals surface area contributed by atoms with Crippen molar-refractivity contribution >= 4 is 11.0 Å². The van der Waals surface area contributed by atoms with Crippen molar-refractivity contribution in [2.45, 2.75) is 46.5 Å². The number of para-hydroxylation sites is 2. The van der Waals surface area contributed by atoms with Crippen LogP contribution < -0.4 is 0 Å². The smallest absolute Gasteiger partial charge is 0.146 e. The fourth-order valence-electron chi connectivity index (χ4n) is 4.28. The van der Waals surface area contributed by atoms with Crippen molar-refractivity contribution in [2.24, 2.45) is 0 Å². The molecule has 0 aliphatic heterocycles. The molecule has 0 aliphatic carbocycles. The molecule has 0 atom stereocenters. The van der Waals surface area contributed by atoms with Crippen molar-refractivity contribution in [2.75, 3.05) is 0 Å². The quantitative estimate of drug-likeness (QED) is 0.429. The Bertz CT molecular complexity index is 1350. The number of benzene rings is 3. The van der Waals surface area contributed by atoms with Crippen LogP contribution in [-0.2, 0) is 11.8 Å². The molecular formula is C25H27N3O2. The van der Waals surface area contributed by atoms with E-state index in [1.165, 1.54) is 0 Å². The minimum absolute atomic E-state index is 0.0751. The SMILES string of the molecule is Cc1cc(C)c(O)c(Cc2cc(C(C)(C)C)cc(-n3n4c5ccccc5n34)c2O)c1. The maximum Gasteiger partial charge on any atom is 0.146 e. The molecule has 2 N–H and O–H groups in total. The molecule has 5 rings (SSSR count). The van der Waals surface area contributed by atoms with Gasteiger partial charge in [0.1, 0.15) is 28.2 Å². The van der Waals surface area contributed by atoms with E-state index in [9.17, 15) is 10.2 Å². The summed E-state index contributed by atoms with van der Waals surface area (Å²) in [4.78, 5) is 2.00. The van der Waals surface area contributed by atoms with E-state index < -0.39 is 0 Å². The summed E-state index contributed by atoms with van der Waals surface area (Å²) in [7, 11) is 0. The lowest BCUT2D eigenvalue weighted by molar-refractivity contribution is 0.458. The van der Waals surface area contributed by atoms with Gasteiger partial charge in [-0.15, -0.1) is 14.1 Å². The van der Waals surface area contributed by atoms with Crippen LogP contribution in [0.3, 0.4) is 0 Å². The zero-order chi connectivity index (χ0) is 21.4. The number of hydrogen-bond donors (Lipinski definition) is 2. The van der Waals surface area contributed by atoms with Crippen LogP contribution in [0.2, 0.25) is 0 Å². The zero-order valence-electron chi connectivity index (χ0n) is 18.1. The fourth-order valence-corrected chi connectivity index (χ4v) is 4.28. The van der Waals surface area contributed by atoms with E-state index >= 15 is 0 Å². The molecule has 0 unspecified atom stereocenters. The first-order chi connectivity index (χ1) is 14.2. The maximum atomic E-state index is 11.2. The van der Waals surface area contributed by atoms with E-state index in [2.05, 4.69) is 54.3 Å². The van der Waals surface area contributed by atoms with E-state index in [-0.39, 0.29) is 11.2 Å². The minimum atomic E-state index is -0.0751. The molecule has 5 nitrogen and oxygen atoms in total. The van der Waals surface area contributed by atoms with Gasteiger partial charge in [-0.2, -0.15) is 0 Å². The Balaban J connectivity index is 1.68. The second kappa shape index (κ2) is 6.08. The lowest BCUT2D eigenvalue weighted by Crippen LogP contribution is -2.12. The highest BCUT2D eigenvalue weighted by molar-refractivity contribution is 5.79. The molecule has 0 fully saturated rings. The molecule has 0 amide bonds. The van der Waals surface area contributed by atoms with Crippen LogP contribution in [-0.4, -0.2) is 24.3 Å². The van der Waals surface area contributed by atoms with E-state index in [0.29, 0.717) is 12.2 Å². The second-order valence-electron chi connectivity index (χ2n) is 9.38. The number of rotatable bonds is 3. The molecule has 5 aromatic rings. The van der Waals surface area contributed by atoms with Gasteiger partial charge in [0.2, 0.25) is 0 Å². The van der Waals surface area contributed by atoms with Crippen molar-refractivity contribution in [3.8, 4) is 17.2 Å². The van der Waals surface area contributed by atoms with Gasteiger partial charge in [-0.3, -0.25) is 0 Å². The summed E-state index contributed by atoms with van der Waals surface area (Å²) in [6.45, 7) is 10.5. The van der Waals surface area contributed by atoms with Crippen LogP contribution in [0.1, 0.15) is 48.6 Å². The number of aromatic hydroxyl groups is 2. The molecule has 0 bridgehead atoms. The molecule has 0 aliphatic rings. The minimum Gasteiger partial charge on any atom is -0.507 e. The molecule has 0 radical (unpaired) electrons. The average molecular weight is 402 g/mol. The number of phenolic OH excluding ortho intramolecular Hbond substituents is 2. The fraction of sp³-hybridized carbons (Fsp3) is 0.280. The Morgan fingerprint density at radius 1 is 0.800 bits per heavy atom. The van der Waals surface area contributed by atoms with Crippen LogP contribution in [0.5, 0.6) is 11.5 Å². The zero-order valence-corrected chi connectivity index (χ0v) is 18.1. The highest BCUT2D eigenvalue weighted by Crippen LogP contribution is 2.38. The Labute approximate surface area is 175 Å². The van der Waals surface area contributed by atoms with Gasteiger partial charge < -0.3 is 10.2 Å². The molecule has 154 valence electrons. The van der Waals surface area contributed by atoms with Crippen LogP contribution in [0, 0.1) is 13.8 Å². The summed E-state index contributed by atoms with van der Waals surface area (Å²) in [5.74, 6) is 0.552. The van der Waals surface area contributed by atoms with Gasteiger partial charge in [0.25, 0.3) is 0 Å². The third-order valence-corrected chi connectivity index (χ3v) is 5.98. The van der Waals surface area contributed by atoms with Crippen molar-refractivity contribution in [3.05, 3.63) is 76.3 Å². The van der Waals surface area contributed by atoms with E-state index in [1.807, 2.05) is 42.9 Å². The summed E-state index contributed by atoms with van der Waals surface area (Å²) >= 11 is 0. The molecule has 2 aromatic heterocycles. The summed E-state index contributed by atoms with van der Waals surface area (Å²) < 4.78 is 4.10. The van der Waals surface area contributed by atoms with Crippen LogP contribution in [0.15, 0.2) is 48.5 Å². The first-order valence-corrected chi connectivity index (χ1v) is 10.3. The average Bonchev–Trinajstić information content (AvgIpc) is 3.33. The Morgan fingerprint density at radius 2 is 1.40 bits per heavy atom. The number of aryl methyl sites for hydroxylation is 2. The lowest BCUT2D eigenvalue weighted by Gasteiger charge is -2.22. The maximum absolute atomic E-state index is 11.2. The topological polar surface area (TPSA) is 54.2 Å². The van der Waals surface area contributed by atoms with Gasteiger partial charge in [0.05, 0.1) is 0 Å².